The van der Waals surface area contributed by atoms with Gasteiger partial charge in [-0.3, -0.25) is 10.3 Å². The molecule has 0 atom stereocenters. The Hall–Kier alpha value is -3.29. The highest BCUT2D eigenvalue weighted by Crippen LogP contribution is 2.19. The fourth-order valence-corrected chi connectivity index (χ4v) is 2.15. The second-order valence-electron chi connectivity index (χ2n) is 5.38. The van der Waals surface area contributed by atoms with Crippen molar-refractivity contribution in [3.63, 3.8) is 0 Å². The van der Waals surface area contributed by atoms with Crippen molar-refractivity contribution in [1.29, 1.82) is 0 Å². The molecule has 24 heavy (non-hydrogen) atoms. The highest BCUT2D eigenvalue weighted by atomic mass is 16.2. The Bertz CT molecular complexity index is 829. The number of amides is 2. The summed E-state index contributed by atoms with van der Waals surface area (Å²) < 4.78 is 1.92. The maximum atomic E-state index is 12.0. The van der Waals surface area contributed by atoms with E-state index in [9.17, 15) is 4.79 Å². The molecule has 0 bridgehead atoms. The first-order valence-electron chi connectivity index (χ1n) is 7.48. The van der Waals surface area contributed by atoms with Crippen LogP contribution in [0.2, 0.25) is 0 Å². The van der Waals surface area contributed by atoms with Gasteiger partial charge in [0.25, 0.3) is 0 Å². The number of hydrogen-bond acceptors (Lipinski definition) is 5. The number of hydrogen-bond donors (Lipinski definition) is 2. The van der Waals surface area contributed by atoms with Gasteiger partial charge in [0.15, 0.2) is 5.82 Å². The number of rotatable bonds is 4. The van der Waals surface area contributed by atoms with E-state index in [-0.39, 0.29) is 6.04 Å². The summed E-state index contributed by atoms with van der Waals surface area (Å²) in [5.74, 6) is 1.08. The zero-order valence-corrected chi connectivity index (χ0v) is 13.3. The molecule has 3 heterocycles. The van der Waals surface area contributed by atoms with E-state index in [1.54, 1.807) is 43.0 Å². The Morgan fingerprint density at radius 2 is 2.04 bits per heavy atom. The van der Waals surface area contributed by atoms with Gasteiger partial charge in [0.05, 0.1) is 11.9 Å². The van der Waals surface area contributed by atoms with Crippen LogP contribution in [0.4, 0.5) is 16.3 Å². The summed E-state index contributed by atoms with van der Waals surface area (Å²) in [4.78, 5) is 20.4. The quantitative estimate of drug-likeness (QED) is 0.769. The van der Waals surface area contributed by atoms with Gasteiger partial charge in [-0.05, 0) is 38.1 Å². The van der Waals surface area contributed by atoms with Crippen LogP contribution in [0.15, 0.2) is 49.1 Å². The average molecular weight is 323 g/mol. The van der Waals surface area contributed by atoms with E-state index in [0.29, 0.717) is 23.0 Å². The van der Waals surface area contributed by atoms with Crippen LogP contribution in [0.5, 0.6) is 0 Å². The Balaban J connectivity index is 1.76. The van der Waals surface area contributed by atoms with Crippen LogP contribution >= 0.6 is 0 Å². The zero-order chi connectivity index (χ0) is 16.9. The molecule has 0 aliphatic carbocycles. The standard InChI is InChI=1S/C16H17N7O/c1-11(2)23-10-18-22-15(23)13-6-3-7-14(20-13)21-16(24)19-12-5-4-8-17-9-12/h3-11H,1-2H3,(H2,19,20,21,24). The number of aromatic nitrogens is 5. The predicted molar refractivity (Wildman–Crippen MR) is 90.5 cm³/mol. The molecule has 122 valence electrons. The van der Waals surface area contributed by atoms with Gasteiger partial charge in [-0.2, -0.15) is 0 Å². The third kappa shape index (κ3) is 3.54. The molecule has 0 unspecified atom stereocenters. The first-order valence-corrected chi connectivity index (χ1v) is 7.48. The lowest BCUT2D eigenvalue weighted by Crippen LogP contribution is -2.20. The molecule has 8 nitrogen and oxygen atoms in total. The predicted octanol–water partition coefficient (Wildman–Crippen LogP) is 2.96. The summed E-state index contributed by atoms with van der Waals surface area (Å²) in [6.45, 7) is 4.08. The number of carbonyl (C=O) groups is 1. The Kier molecular flexibility index (Phi) is 4.46. The van der Waals surface area contributed by atoms with Gasteiger partial charge in [0, 0.05) is 12.2 Å². The van der Waals surface area contributed by atoms with E-state index in [2.05, 4.69) is 30.8 Å². The Morgan fingerprint density at radius 3 is 2.79 bits per heavy atom. The SMILES string of the molecule is CC(C)n1cnnc1-c1cccc(NC(=O)Nc2cccnc2)n1. The third-order valence-corrected chi connectivity index (χ3v) is 3.27. The minimum atomic E-state index is -0.391. The molecule has 0 radical (unpaired) electrons. The van der Waals surface area contributed by atoms with Crippen LogP contribution < -0.4 is 10.6 Å². The molecule has 3 rings (SSSR count). The molecule has 8 heteroatoms. The number of urea groups is 1. The molecule has 0 saturated carbocycles. The van der Waals surface area contributed by atoms with E-state index >= 15 is 0 Å². The molecular weight excluding hydrogens is 306 g/mol. The topological polar surface area (TPSA) is 97.6 Å². The van der Waals surface area contributed by atoms with Gasteiger partial charge in [-0.25, -0.2) is 9.78 Å². The van der Waals surface area contributed by atoms with Crippen LogP contribution in [0, 0.1) is 0 Å². The molecule has 0 aromatic carbocycles. The van der Waals surface area contributed by atoms with Gasteiger partial charge in [-0.1, -0.05) is 6.07 Å². The molecule has 0 aliphatic heterocycles. The minimum Gasteiger partial charge on any atom is -0.310 e. The lowest BCUT2D eigenvalue weighted by atomic mass is 10.3. The van der Waals surface area contributed by atoms with Crippen molar-refractivity contribution >= 4 is 17.5 Å². The fourth-order valence-electron chi connectivity index (χ4n) is 2.15. The van der Waals surface area contributed by atoms with Crippen LogP contribution in [-0.4, -0.2) is 30.8 Å². The summed E-state index contributed by atoms with van der Waals surface area (Å²) in [6, 6.07) is 8.66. The molecule has 0 aliphatic rings. The first kappa shape index (κ1) is 15.6. The first-order chi connectivity index (χ1) is 11.6. The zero-order valence-electron chi connectivity index (χ0n) is 13.3. The van der Waals surface area contributed by atoms with Crippen molar-refractivity contribution in [3.8, 4) is 11.5 Å². The van der Waals surface area contributed by atoms with Gasteiger partial charge in [0.1, 0.15) is 17.8 Å². The number of carbonyl (C=O) groups excluding carboxylic acids is 1. The van der Waals surface area contributed by atoms with E-state index in [1.807, 2.05) is 24.5 Å². The summed E-state index contributed by atoms with van der Waals surface area (Å²) in [5.41, 5.74) is 1.24. The highest BCUT2D eigenvalue weighted by Gasteiger charge is 2.12. The maximum Gasteiger partial charge on any atom is 0.324 e. The summed E-state index contributed by atoms with van der Waals surface area (Å²) in [7, 11) is 0. The number of anilines is 2. The fraction of sp³-hybridized carbons (Fsp3) is 0.188. The van der Waals surface area contributed by atoms with Crippen molar-refractivity contribution in [2.24, 2.45) is 0 Å². The molecule has 0 saturated heterocycles. The van der Waals surface area contributed by atoms with Gasteiger partial charge < -0.3 is 9.88 Å². The highest BCUT2D eigenvalue weighted by molar-refractivity contribution is 5.99. The molecule has 2 amide bonds. The van der Waals surface area contributed by atoms with Gasteiger partial charge in [0.2, 0.25) is 0 Å². The molecule has 3 aromatic rings. The van der Waals surface area contributed by atoms with Crippen molar-refractivity contribution in [2.75, 3.05) is 10.6 Å². The van der Waals surface area contributed by atoms with Crippen molar-refractivity contribution in [3.05, 3.63) is 49.1 Å². The molecule has 0 fully saturated rings. The van der Waals surface area contributed by atoms with Crippen molar-refractivity contribution in [2.45, 2.75) is 19.9 Å². The van der Waals surface area contributed by atoms with Crippen LogP contribution in [-0.2, 0) is 0 Å². The largest absolute Gasteiger partial charge is 0.324 e. The second kappa shape index (κ2) is 6.86. The van der Waals surface area contributed by atoms with Crippen LogP contribution in [0.25, 0.3) is 11.5 Å². The molecule has 2 N–H and O–H groups in total. The lowest BCUT2D eigenvalue weighted by Gasteiger charge is -2.11. The normalized spacial score (nSPS) is 10.6. The van der Waals surface area contributed by atoms with E-state index in [4.69, 9.17) is 0 Å². The summed E-state index contributed by atoms with van der Waals surface area (Å²) >= 11 is 0. The number of nitrogens with zero attached hydrogens (tertiary/aromatic N) is 5. The van der Waals surface area contributed by atoms with E-state index in [1.165, 1.54) is 0 Å². The summed E-state index contributed by atoms with van der Waals surface area (Å²) in [5, 5.41) is 13.4. The Morgan fingerprint density at radius 1 is 1.17 bits per heavy atom. The van der Waals surface area contributed by atoms with Crippen LogP contribution in [0.3, 0.4) is 0 Å². The summed E-state index contributed by atoms with van der Waals surface area (Å²) in [6.07, 6.45) is 4.87. The second-order valence-corrected chi connectivity index (χ2v) is 5.38. The van der Waals surface area contributed by atoms with Crippen molar-refractivity contribution < 1.29 is 4.79 Å². The number of pyridine rings is 2. The third-order valence-electron chi connectivity index (χ3n) is 3.27. The van der Waals surface area contributed by atoms with Gasteiger partial charge >= 0.3 is 6.03 Å². The maximum absolute atomic E-state index is 12.0. The van der Waals surface area contributed by atoms with Crippen LogP contribution in [0.1, 0.15) is 19.9 Å². The van der Waals surface area contributed by atoms with E-state index in [0.717, 1.165) is 0 Å². The monoisotopic (exact) mass is 323 g/mol. The minimum absolute atomic E-state index is 0.210. The molecular formula is C16H17N7O. The van der Waals surface area contributed by atoms with Crippen molar-refractivity contribution in [1.82, 2.24) is 24.7 Å². The molecule has 3 aromatic heterocycles. The van der Waals surface area contributed by atoms with E-state index < -0.39 is 6.03 Å². The lowest BCUT2D eigenvalue weighted by molar-refractivity contribution is 0.262. The molecule has 0 spiro atoms. The smallest absolute Gasteiger partial charge is 0.310 e. The Labute approximate surface area is 139 Å². The van der Waals surface area contributed by atoms with Gasteiger partial charge in [-0.15, -0.1) is 10.2 Å². The number of nitrogens with one attached hydrogen (secondary N) is 2. The average Bonchev–Trinajstić information content (AvgIpc) is 3.06.